The average molecular weight is 373 g/mol. The monoisotopic (exact) mass is 371 g/mol. The normalized spacial score (nSPS) is 10.9. The van der Waals surface area contributed by atoms with Crippen LogP contribution in [0.25, 0.3) is 0 Å². The minimum absolute atomic E-state index is 0.406. The molecule has 2 aromatic rings. The summed E-state index contributed by atoms with van der Waals surface area (Å²) < 4.78 is 8.71. The fraction of sp³-hybridized carbons (Fsp3) is 0.400. The van der Waals surface area contributed by atoms with E-state index in [0.717, 1.165) is 40.1 Å². The molecule has 0 saturated heterocycles. The molecule has 1 aromatic heterocycles. The van der Waals surface area contributed by atoms with E-state index in [1.165, 1.54) is 0 Å². The second-order valence-electron chi connectivity index (χ2n) is 4.76. The topological polar surface area (TPSA) is 39.1 Å². The second-order valence-corrected chi connectivity index (χ2v) is 5.99. The lowest BCUT2D eigenvalue weighted by Crippen LogP contribution is -2.07. The van der Waals surface area contributed by atoms with Crippen LogP contribution in [0.5, 0.6) is 5.75 Å². The van der Waals surface area contributed by atoms with Gasteiger partial charge in [0.25, 0.3) is 0 Å². The minimum Gasteiger partial charge on any atom is -0.487 e. The van der Waals surface area contributed by atoms with E-state index in [0.29, 0.717) is 11.6 Å². The van der Waals surface area contributed by atoms with Crippen LogP contribution in [-0.2, 0) is 26.6 Å². The van der Waals surface area contributed by atoms with E-state index >= 15 is 0 Å². The first-order chi connectivity index (χ1) is 10.1. The Hall–Kier alpha value is -1.04. The van der Waals surface area contributed by atoms with Gasteiger partial charge in [-0.3, -0.25) is 4.68 Å². The number of hydrogen-bond acceptors (Lipinski definition) is 3. The standard InChI is InChI=1S/C15H19BrClN3O/c1-4-13-15(17)14(20(3)19-13)9-21-11-5-6-12(16)10(7-11)8-18-2/h5-7,18H,4,8-9H2,1-3H3. The molecule has 0 aliphatic rings. The lowest BCUT2D eigenvalue weighted by atomic mass is 10.2. The molecule has 1 heterocycles. The molecule has 0 bridgehead atoms. The van der Waals surface area contributed by atoms with Gasteiger partial charge in [0.1, 0.15) is 12.4 Å². The molecular formula is C15H19BrClN3O. The largest absolute Gasteiger partial charge is 0.487 e. The smallest absolute Gasteiger partial charge is 0.131 e. The van der Waals surface area contributed by atoms with Gasteiger partial charge in [-0.1, -0.05) is 34.5 Å². The zero-order valence-electron chi connectivity index (χ0n) is 12.4. The Balaban J connectivity index is 2.13. The third-order valence-corrected chi connectivity index (χ3v) is 4.47. The third kappa shape index (κ3) is 3.78. The van der Waals surface area contributed by atoms with Crippen molar-refractivity contribution in [1.82, 2.24) is 15.1 Å². The lowest BCUT2D eigenvalue weighted by molar-refractivity contribution is 0.294. The Morgan fingerprint density at radius 2 is 2.19 bits per heavy atom. The molecule has 0 unspecified atom stereocenters. The van der Waals surface area contributed by atoms with Gasteiger partial charge in [0, 0.05) is 18.1 Å². The molecule has 6 heteroatoms. The molecule has 2 rings (SSSR count). The minimum atomic E-state index is 0.406. The van der Waals surface area contributed by atoms with Crippen molar-refractivity contribution in [2.24, 2.45) is 7.05 Å². The highest BCUT2D eigenvalue weighted by Crippen LogP contribution is 2.25. The second kappa shape index (κ2) is 7.29. The van der Waals surface area contributed by atoms with Crippen molar-refractivity contribution < 1.29 is 4.74 Å². The molecule has 0 spiro atoms. The van der Waals surface area contributed by atoms with Gasteiger partial charge in [-0.05, 0) is 37.2 Å². The number of ether oxygens (including phenoxy) is 1. The van der Waals surface area contributed by atoms with Crippen molar-refractivity contribution in [1.29, 1.82) is 0 Å². The van der Waals surface area contributed by atoms with Crippen molar-refractivity contribution in [2.45, 2.75) is 26.5 Å². The highest BCUT2D eigenvalue weighted by atomic mass is 79.9. The third-order valence-electron chi connectivity index (χ3n) is 3.26. The first kappa shape index (κ1) is 16.3. The summed E-state index contributed by atoms with van der Waals surface area (Å²) in [5.41, 5.74) is 2.95. The van der Waals surface area contributed by atoms with Crippen molar-refractivity contribution in [3.63, 3.8) is 0 Å². The van der Waals surface area contributed by atoms with E-state index in [-0.39, 0.29) is 0 Å². The van der Waals surface area contributed by atoms with Crippen molar-refractivity contribution in [3.8, 4) is 5.75 Å². The van der Waals surface area contributed by atoms with Gasteiger partial charge in [-0.15, -0.1) is 0 Å². The van der Waals surface area contributed by atoms with Gasteiger partial charge in [0.15, 0.2) is 0 Å². The number of hydrogen-bond donors (Lipinski definition) is 1. The maximum absolute atomic E-state index is 6.32. The average Bonchev–Trinajstić information content (AvgIpc) is 2.74. The van der Waals surface area contributed by atoms with Crippen LogP contribution in [0.4, 0.5) is 0 Å². The molecule has 0 amide bonds. The quantitative estimate of drug-likeness (QED) is 0.840. The van der Waals surface area contributed by atoms with Gasteiger partial charge in [-0.2, -0.15) is 5.10 Å². The Labute approximate surface area is 138 Å². The predicted octanol–water partition coefficient (Wildman–Crippen LogP) is 3.70. The van der Waals surface area contributed by atoms with Crippen LogP contribution >= 0.6 is 27.5 Å². The summed E-state index contributed by atoms with van der Waals surface area (Å²) in [5, 5.41) is 8.22. The number of rotatable bonds is 6. The highest BCUT2D eigenvalue weighted by molar-refractivity contribution is 9.10. The molecule has 1 aromatic carbocycles. The molecule has 0 saturated carbocycles. The maximum Gasteiger partial charge on any atom is 0.131 e. The number of aryl methyl sites for hydroxylation is 2. The molecular weight excluding hydrogens is 354 g/mol. The van der Waals surface area contributed by atoms with E-state index in [2.05, 4.69) is 26.3 Å². The number of benzene rings is 1. The Kier molecular flexibility index (Phi) is 5.67. The number of nitrogens with one attached hydrogen (secondary N) is 1. The summed E-state index contributed by atoms with van der Waals surface area (Å²) in [6, 6.07) is 5.95. The van der Waals surface area contributed by atoms with Gasteiger partial charge in [0.05, 0.1) is 16.4 Å². The van der Waals surface area contributed by atoms with Crippen LogP contribution in [0, 0.1) is 0 Å². The molecule has 0 aliphatic carbocycles. The first-order valence-corrected chi connectivity index (χ1v) is 8.00. The number of aromatic nitrogens is 2. The molecule has 0 aliphatic heterocycles. The zero-order chi connectivity index (χ0) is 15.4. The summed E-state index contributed by atoms with van der Waals surface area (Å²) in [4.78, 5) is 0. The first-order valence-electron chi connectivity index (χ1n) is 6.82. The van der Waals surface area contributed by atoms with E-state index in [9.17, 15) is 0 Å². The molecule has 0 atom stereocenters. The van der Waals surface area contributed by atoms with Gasteiger partial charge in [-0.25, -0.2) is 0 Å². The summed E-state index contributed by atoms with van der Waals surface area (Å²) in [7, 11) is 3.80. The number of halogens is 2. The van der Waals surface area contributed by atoms with Crippen LogP contribution in [0.15, 0.2) is 22.7 Å². The number of nitrogens with zero attached hydrogens (tertiary/aromatic N) is 2. The molecule has 1 N–H and O–H groups in total. The van der Waals surface area contributed by atoms with Crippen LogP contribution in [0.3, 0.4) is 0 Å². The van der Waals surface area contributed by atoms with Crippen molar-refractivity contribution in [2.75, 3.05) is 7.05 Å². The molecule has 114 valence electrons. The Bertz CT molecular complexity index is 628. The lowest BCUT2D eigenvalue weighted by Gasteiger charge is -2.10. The van der Waals surface area contributed by atoms with Crippen LogP contribution < -0.4 is 10.1 Å². The molecule has 0 radical (unpaired) electrons. The molecule has 4 nitrogen and oxygen atoms in total. The fourth-order valence-corrected chi connectivity index (χ4v) is 2.83. The van der Waals surface area contributed by atoms with Crippen LogP contribution in [-0.4, -0.2) is 16.8 Å². The van der Waals surface area contributed by atoms with Crippen molar-refractivity contribution in [3.05, 3.63) is 44.6 Å². The fourth-order valence-electron chi connectivity index (χ4n) is 2.10. The summed E-state index contributed by atoms with van der Waals surface area (Å²) in [5.74, 6) is 0.818. The van der Waals surface area contributed by atoms with Crippen molar-refractivity contribution >= 4 is 27.5 Å². The summed E-state index contributed by atoms with van der Waals surface area (Å²) >= 11 is 9.85. The van der Waals surface area contributed by atoms with Gasteiger partial charge in [0.2, 0.25) is 0 Å². The van der Waals surface area contributed by atoms with E-state index < -0.39 is 0 Å². The van der Waals surface area contributed by atoms with Crippen LogP contribution in [0.1, 0.15) is 23.9 Å². The Morgan fingerprint density at radius 1 is 1.43 bits per heavy atom. The van der Waals surface area contributed by atoms with Gasteiger partial charge < -0.3 is 10.1 Å². The maximum atomic E-state index is 6.32. The van der Waals surface area contributed by atoms with Gasteiger partial charge >= 0.3 is 0 Å². The molecule has 0 fully saturated rings. The van der Waals surface area contributed by atoms with E-state index in [1.54, 1.807) is 4.68 Å². The molecule has 21 heavy (non-hydrogen) atoms. The van der Waals surface area contributed by atoms with E-state index in [1.807, 2.05) is 39.2 Å². The van der Waals surface area contributed by atoms with Crippen LogP contribution in [0.2, 0.25) is 5.02 Å². The zero-order valence-corrected chi connectivity index (χ0v) is 14.8. The summed E-state index contributed by atoms with van der Waals surface area (Å²) in [6.07, 6.45) is 0.817. The van der Waals surface area contributed by atoms with E-state index in [4.69, 9.17) is 16.3 Å². The highest BCUT2D eigenvalue weighted by Gasteiger charge is 2.13. The SMILES string of the molecule is CCc1nn(C)c(COc2ccc(Br)c(CNC)c2)c1Cl. The Morgan fingerprint density at radius 3 is 2.81 bits per heavy atom. The summed E-state index contributed by atoms with van der Waals surface area (Å²) in [6.45, 7) is 3.23. The predicted molar refractivity (Wildman–Crippen MR) is 88.8 cm³/mol.